The molecule has 17 nitrogen and oxygen atoms in total. The third-order valence-electron chi connectivity index (χ3n) is 20.3. The fourth-order valence-corrected chi connectivity index (χ4v) is 14.8. The fraction of sp³-hybridized carbons (Fsp3) is 0.953. The molecule has 618 valence electrons. The molecule has 0 heterocycles. The first-order valence-corrected chi connectivity index (χ1v) is 47.0. The zero-order chi connectivity index (χ0) is 76.4. The number of carbonyl (C=O) groups is 4. The van der Waals surface area contributed by atoms with Crippen LogP contribution < -0.4 is 0 Å². The molecule has 6 atom stereocenters. The normalized spacial score (nSPS) is 14.1. The van der Waals surface area contributed by atoms with Crippen LogP contribution in [0.15, 0.2) is 0 Å². The highest BCUT2D eigenvalue weighted by atomic mass is 31.2. The molecule has 0 fully saturated rings. The minimum absolute atomic E-state index is 0.107. The number of hydrogen-bond acceptors (Lipinski definition) is 15. The SMILES string of the molecule is CCCCCCCCCCCCCCCCCCCCC(=O)OC[C@H](COP(=O)(O)OC[C@@H](O)COP(=O)(O)OC[C@@H](COC(=O)CCCCCCCCCC(C)C)OC(=O)CCCCCCCCCCCCCCCC)OC(=O)CCCCCCCCCCCCCCCCCCCCC(C)CC. The lowest BCUT2D eigenvalue weighted by Crippen LogP contribution is -2.30. The number of phosphoric acid groups is 2. The van der Waals surface area contributed by atoms with Gasteiger partial charge in [-0.1, -0.05) is 401 Å². The summed E-state index contributed by atoms with van der Waals surface area (Å²) in [7, 11) is -9.92. The first-order chi connectivity index (χ1) is 50.4. The summed E-state index contributed by atoms with van der Waals surface area (Å²) in [5.74, 6) is -0.528. The third-order valence-corrected chi connectivity index (χ3v) is 22.2. The molecule has 0 aromatic carbocycles. The summed E-state index contributed by atoms with van der Waals surface area (Å²) in [5.41, 5.74) is 0. The summed E-state index contributed by atoms with van der Waals surface area (Å²) in [6, 6.07) is 0. The Morgan fingerprint density at radius 2 is 0.490 bits per heavy atom. The molecule has 0 bridgehead atoms. The van der Waals surface area contributed by atoms with Crippen molar-refractivity contribution < 1.29 is 80.2 Å². The first-order valence-electron chi connectivity index (χ1n) is 44.0. The summed E-state index contributed by atoms with van der Waals surface area (Å²) in [6.45, 7) is 9.68. The van der Waals surface area contributed by atoms with Gasteiger partial charge >= 0.3 is 39.5 Å². The Kier molecular flexibility index (Phi) is 75.0. The highest BCUT2D eigenvalue weighted by Gasteiger charge is 2.30. The van der Waals surface area contributed by atoms with Crippen molar-refractivity contribution in [3.63, 3.8) is 0 Å². The highest BCUT2D eigenvalue weighted by Crippen LogP contribution is 2.45. The minimum atomic E-state index is -4.97. The van der Waals surface area contributed by atoms with E-state index in [9.17, 15) is 43.2 Å². The predicted molar refractivity (Wildman–Crippen MR) is 428 cm³/mol. The number of ether oxygens (including phenoxy) is 4. The van der Waals surface area contributed by atoms with E-state index < -0.39 is 97.5 Å². The van der Waals surface area contributed by atoms with Crippen LogP contribution in [0.1, 0.15) is 452 Å². The Balaban J connectivity index is 5.22. The zero-order valence-electron chi connectivity index (χ0n) is 68.3. The van der Waals surface area contributed by atoms with E-state index in [0.717, 1.165) is 102 Å². The standard InChI is InChI=1S/C85H166O17P2/c1-7-10-12-14-16-18-20-22-24-25-29-32-36-39-43-49-55-61-67-82(87)95-73-80(101-84(89)70-64-58-51-45-41-37-33-30-27-26-28-31-34-38-42-48-54-60-66-78(6)9-3)75-99-103(91,92)97-71-79(86)72-98-104(93,94)100-76-81(74-96-83(88)68-62-56-52-46-47-53-59-65-77(4)5)102-85(90)69-63-57-50-44-40-35-23-21-19-17-15-13-11-8-2/h77-81,86H,7-76H2,1-6H3,(H,91,92)(H,93,94)/t78?,79-,80-,81-/m1/s1. The maximum Gasteiger partial charge on any atom is 0.472 e. The van der Waals surface area contributed by atoms with Gasteiger partial charge in [0.1, 0.15) is 19.3 Å². The monoisotopic (exact) mass is 1520 g/mol. The van der Waals surface area contributed by atoms with Gasteiger partial charge in [0.15, 0.2) is 12.2 Å². The average Bonchev–Trinajstić information content (AvgIpc) is 0.905. The van der Waals surface area contributed by atoms with E-state index in [4.69, 9.17) is 37.0 Å². The molecule has 0 radical (unpaired) electrons. The van der Waals surface area contributed by atoms with Crippen LogP contribution >= 0.6 is 15.6 Å². The van der Waals surface area contributed by atoms with Crippen molar-refractivity contribution in [3.8, 4) is 0 Å². The minimum Gasteiger partial charge on any atom is -0.462 e. The summed E-state index contributed by atoms with van der Waals surface area (Å²) >= 11 is 0. The van der Waals surface area contributed by atoms with E-state index in [1.807, 2.05) is 0 Å². The lowest BCUT2D eigenvalue weighted by atomic mass is 9.99. The summed E-state index contributed by atoms with van der Waals surface area (Å²) in [5, 5.41) is 10.7. The molecule has 0 aliphatic rings. The molecule has 0 aliphatic heterocycles. The molecule has 0 aromatic rings. The van der Waals surface area contributed by atoms with Gasteiger partial charge in [-0.05, 0) is 37.5 Å². The van der Waals surface area contributed by atoms with Crippen LogP contribution in [0.5, 0.6) is 0 Å². The lowest BCUT2D eigenvalue weighted by molar-refractivity contribution is -0.161. The van der Waals surface area contributed by atoms with E-state index in [2.05, 4.69) is 41.5 Å². The number of aliphatic hydroxyl groups is 1. The van der Waals surface area contributed by atoms with Gasteiger partial charge in [-0.3, -0.25) is 37.3 Å². The first kappa shape index (κ1) is 102. The Morgan fingerprint density at radius 1 is 0.279 bits per heavy atom. The summed E-state index contributed by atoms with van der Waals surface area (Å²) in [6.07, 6.45) is 68.1. The zero-order valence-corrected chi connectivity index (χ0v) is 70.1. The number of esters is 4. The average molecular weight is 1520 g/mol. The van der Waals surface area contributed by atoms with Crippen molar-refractivity contribution in [2.45, 2.75) is 471 Å². The van der Waals surface area contributed by atoms with Crippen LogP contribution in [-0.4, -0.2) is 96.7 Å². The molecule has 0 aromatic heterocycles. The van der Waals surface area contributed by atoms with E-state index in [1.54, 1.807) is 0 Å². The van der Waals surface area contributed by atoms with Crippen molar-refractivity contribution in [1.82, 2.24) is 0 Å². The van der Waals surface area contributed by atoms with Gasteiger partial charge in [0.05, 0.1) is 26.4 Å². The maximum atomic E-state index is 13.1. The second-order valence-electron chi connectivity index (χ2n) is 31.3. The smallest absolute Gasteiger partial charge is 0.462 e. The molecule has 0 amide bonds. The largest absolute Gasteiger partial charge is 0.472 e. The van der Waals surface area contributed by atoms with Crippen molar-refractivity contribution in [1.29, 1.82) is 0 Å². The van der Waals surface area contributed by atoms with Crippen LogP contribution in [0.4, 0.5) is 0 Å². The molecular weight excluding hydrogens is 1350 g/mol. The molecule has 0 aliphatic carbocycles. The number of rotatable bonds is 84. The van der Waals surface area contributed by atoms with Gasteiger partial charge in [0.2, 0.25) is 0 Å². The Labute approximate surface area is 638 Å². The van der Waals surface area contributed by atoms with Crippen molar-refractivity contribution >= 4 is 39.5 Å². The quantitative estimate of drug-likeness (QED) is 0.0222. The number of carbonyl (C=O) groups excluding carboxylic acids is 4. The van der Waals surface area contributed by atoms with Crippen LogP contribution in [-0.2, 0) is 65.4 Å². The molecule has 19 heteroatoms. The topological polar surface area (TPSA) is 237 Å². The van der Waals surface area contributed by atoms with E-state index in [-0.39, 0.29) is 25.7 Å². The van der Waals surface area contributed by atoms with Gasteiger partial charge in [0.25, 0.3) is 0 Å². The van der Waals surface area contributed by atoms with Gasteiger partial charge < -0.3 is 33.8 Å². The van der Waals surface area contributed by atoms with Gasteiger partial charge in [-0.2, -0.15) is 0 Å². The summed E-state index contributed by atoms with van der Waals surface area (Å²) in [4.78, 5) is 73.1. The van der Waals surface area contributed by atoms with Gasteiger partial charge in [0, 0.05) is 25.7 Å². The predicted octanol–water partition coefficient (Wildman–Crippen LogP) is 25.8. The molecular formula is C85H166O17P2. The number of aliphatic hydroxyl groups excluding tert-OH is 1. The molecule has 0 saturated carbocycles. The highest BCUT2D eigenvalue weighted by molar-refractivity contribution is 7.47. The maximum absolute atomic E-state index is 13.1. The van der Waals surface area contributed by atoms with Crippen molar-refractivity contribution in [2.75, 3.05) is 39.6 Å². The van der Waals surface area contributed by atoms with Crippen molar-refractivity contribution in [3.05, 3.63) is 0 Å². The van der Waals surface area contributed by atoms with Crippen LogP contribution in [0.3, 0.4) is 0 Å². The molecule has 0 spiro atoms. The second-order valence-corrected chi connectivity index (χ2v) is 34.2. The molecule has 3 N–H and O–H groups in total. The summed E-state index contributed by atoms with van der Waals surface area (Å²) < 4.78 is 68.8. The number of unbranched alkanes of at least 4 members (excludes halogenated alkanes) is 53. The van der Waals surface area contributed by atoms with Crippen LogP contribution in [0.25, 0.3) is 0 Å². The molecule has 3 unspecified atom stereocenters. The Morgan fingerprint density at radius 3 is 0.731 bits per heavy atom. The molecule has 0 rings (SSSR count). The van der Waals surface area contributed by atoms with Gasteiger partial charge in [-0.15, -0.1) is 0 Å². The van der Waals surface area contributed by atoms with Crippen LogP contribution in [0, 0.1) is 11.8 Å². The Hall–Kier alpha value is -1.94. The molecule has 104 heavy (non-hydrogen) atoms. The van der Waals surface area contributed by atoms with E-state index in [1.165, 1.54) is 263 Å². The van der Waals surface area contributed by atoms with E-state index in [0.29, 0.717) is 31.6 Å². The van der Waals surface area contributed by atoms with Crippen LogP contribution in [0.2, 0.25) is 0 Å². The number of hydrogen-bond donors (Lipinski definition) is 3. The molecule has 0 saturated heterocycles. The second kappa shape index (κ2) is 76.4. The van der Waals surface area contributed by atoms with Gasteiger partial charge in [-0.25, -0.2) is 9.13 Å². The Bertz CT molecular complexity index is 2000. The number of phosphoric ester groups is 2. The van der Waals surface area contributed by atoms with E-state index >= 15 is 0 Å². The third kappa shape index (κ3) is 76.8. The van der Waals surface area contributed by atoms with Crippen molar-refractivity contribution in [2.24, 2.45) is 11.8 Å². The lowest BCUT2D eigenvalue weighted by Gasteiger charge is -2.21. The fourth-order valence-electron chi connectivity index (χ4n) is 13.2.